The summed E-state index contributed by atoms with van der Waals surface area (Å²) in [6, 6.07) is 0. The van der Waals surface area contributed by atoms with Gasteiger partial charge >= 0.3 is 15.5 Å². The number of nitrogens with zero attached hydrogens (tertiary/aromatic N) is 3. The second-order valence-corrected chi connectivity index (χ2v) is 9.90. The molecular formula is C17H29F3IN5O3S. The minimum atomic E-state index is -5.25. The smallest absolute Gasteiger partial charge is 0.443 e. The Kier molecular flexibility index (Phi) is 9.41. The molecule has 0 spiro atoms. The number of aliphatic imine (C=N–C) groups is 1. The van der Waals surface area contributed by atoms with Crippen molar-refractivity contribution in [1.29, 1.82) is 0 Å². The first-order valence-corrected chi connectivity index (χ1v) is 10.7. The Labute approximate surface area is 192 Å². The minimum Gasteiger partial charge on any atom is -0.443 e. The molecular weight excluding hydrogens is 538 g/mol. The summed E-state index contributed by atoms with van der Waals surface area (Å²) in [4.78, 5) is 8.32. The van der Waals surface area contributed by atoms with Crippen molar-refractivity contribution in [1.82, 2.24) is 19.9 Å². The molecule has 2 N–H and O–H groups in total. The minimum absolute atomic E-state index is 0. The topological polar surface area (TPSA) is 99.8 Å². The van der Waals surface area contributed by atoms with Gasteiger partial charge in [-0.15, -0.1) is 24.0 Å². The highest BCUT2D eigenvalue weighted by molar-refractivity contribution is 14.0. The predicted molar refractivity (Wildman–Crippen MR) is 118 cm³/mol. The fourth-order valence-corrected chi connectivity index (χ4v) is 3.84. The molecule has 0 unspecified atom stereocenters. The molecule has 0 saturated carbocycles. The van der Waals surface area contributed by atoms with Crippen molar-refractivity contribution in [2.45, 2.75) is 51.1 Å². The molecule has 1 aromatic heterocycles. The van der Waals surface area contributed by atoms with E-state index in [4.69, 9.17) is 4.42 Å². The van der Waals surface area contributed by atoms with E-state index in [1.807, 2.05) is 20.8 Å². The van der Waals surface area contributed by atoms with Crippen LogP contribution in [0.15, 0.2) is 15.6 Å². The summed E-state index contributed by atoms with van der Waals surface area (Å²) in [6.07, 6.45) is 2.37. The Morgan fingerprint density at radius 2 is 1.87 bits per heavy atom. The molecule has 0 aliphatic carbocycles. The van der Waals surface area contributed by atoms with Gasteiger partial charge < -0.3 is 15.1 Å². The van der Waals surface area contributed by atoms with Crippen LogP contribution >= 0.6 is 24.0 Å². The van der Waals surface area contributed by atoms with E-state index >= 15 is 0 Å². The van der Waals surface area contributed by atoms with Crippen LogP contribution in [0.2, 0.25) is 0 Å². The van der Waals surface area contributed by atoms with Gasteiger partial charge in [0, 0.05) is 32.1 Å². The number of oxazole rings is 1. The number of hydrogen-bond acceptors (Lipinski definition) is 5. The third-order valence-corrected chi connectivity index (χ3v) is 6.32. The Bertz CT molecular complexity index is 813. The fourth-order valence-electron chi connectivity index (χ4n) is 2.86. The molecule has 0 amide bonds. The Morgan fingerprint density at radius 1 is 1.27 bits per heavy atom. The van der Waals surface area contributed by atoms with Crippen molar-refractivity contribution >= 4 is 40.0 Å². The number of hydrogen-bond donors (Lipinski definition) is 2. The second kappa shape index (κ2) is 10.5. The monoisotopic (exact) mass is 567 g/mol. The van der Waals surface area contributed by atoms with Crippen LogP contribution in [-0.4, -0.2) is 55.9 Å². The van der Waals surface area contributed by atoms with E-state index in [0.717, 1.165) is 5.76 Å². The highest BCUT2D eigenvalue weighted by atomic mass is 127. The first-order chi connectivity index (χ1) is 13.3. The lowest BCUT2D eigenvalue weighted by molar-refractivity contribution is -0.0496. The Hall–Kier alpha value is -1.09. The van der Waals surface area contributed by atoms with Gasteiger partial charge in [-0.2, -0.15) is 17.5 Å². The van der Waals surface area contributed by atoms with Crippen LogP contribution in [-0.2, 0) is 22.0 Å². The fraction of sp³-hybridized carbons (Fsp3) is 0.765. The number of alkyl halides is 3. The van der Waals surface area contributed by atoms with Crippen LogP contribution in [0.4, 0.5) is 13.2 Å². The maximum atomic E-state index is 12.6. The van der Waals surface area contributed by atoms with E-state index in [1.165, 1.54) is 0 Å². The summed E-state index contributed by atoms with van der Waals surface area (Å²) in [7, 11) is -3.65. The molecule has 2 heterocycles. The van der Waals surface area contributed by atoms with Gasteiger partial charge in [0.15, 0.2) is 5.96 Å². The van der Waals surface area contributed by atoms with Crippen LogP contribution in [0.1, 0.15) is 45.3 Å². The Morgan fingerprint density at radius 3 is 2.33 bits per heavy atom. The van der Waals surface area contributed by atoms with Crippen LogP contribution < -0.4 is 10.6 Å². The zero-order valence-corrected chi connectivity index (χ0v) is 20.6. The largest absolute Gasteiger partial charge is 0.511 e. The number of nitrogens with one attached hydrogen (secondary N) is 2. The van der Waals surface area contributed by atoms with Gasteiger partial charge in [-0.3, -0.25) is 4.99 Å². The first kappa shape index (κ1) is 26.9. The van der Waals surface area contributed by atoms with Gasteiger partial charge in [0.2, 0.25) is 5.89 Å². The number of guanidine groups is 1. The summed E-state index contributed by atoms with van der Waals surface area (Å²) >= 11 is 0. The predicted octanol–water partition coefficient (Wildman–Crippen LogP) is 2.82. The average molecular weight is 567 g/mol. The van der Waals surface area contributed by atoms with E-state index < -0.39 is 15.5 Å². The molecule has 0 radical (unpaired) electrons. The van der Waals surface area contributed by atoms with Crippen LogP contribution in [0.5, 0.6) is 0 Å². The van der Waals surface area contributed by atoms with Crippen molar-refractivity contribution in [2.75, 3.05) is 26.7 Å². The first-order valence-electron chi connectivity index (χ1n) is 9.30. The SMILES string of the molecule is CN=C(NCc1ncc(C(C)(C)C)o1)NCC1CCN(S(=O)(=O)C(F)(F)F)CC1.I. The maximum Gasteiger partial charge on any atom is 0.511 e. The molecule has 2 rings (SSSR count). The normalized spacial score (nSPS) is 17.5. The molecule has 174 valence electrons. The number of halogens is 4. The zero-order valence-electron chi connectivity index (χ0n) is 17.4. The van der Waals surface area contributed by atoms with Gasteiger partial charge in [-0.05, 0) is 18.8 Å². The summed E-state index contributed by atoms with van der Waals surface area (Å²) in [6.45, 7) is 6.58. The van der Waals surface area contributed by atoms with Gasteiger partial charge in [0.25, 0.3) is 0 Å². The molecule has 1 aliphatic rings. The maximum absolute atomic E-state index is 12.6. The molecule has 8 nitrogen and oxygen atoms in total. The molecule has 1 saturated heterocycles. The van der Waals surface area contributed by atoms with Crippen LogP contribution in [0.3, 0.4) is 0 Å². The molecule has 0 atom stereocenters. The number of piperidine rings is 1. The molecule has 1 aliphatic heterocycles. The van der Waals surface area contributed by atoms with Gasteiger partial charge in [0.1, 0.15) is 5.76 Å². The highest BCUT2D eigenvalue weighted by Gasteiger charge is 2.50. The molecule has 13 heteroatoms. The van der Waals surface area contributed by atoms with Gasteiger partial charge in [-0.1, -0.05) is 20.8 Å². The summed E-state index contributed by atoms with van der Waals surface area (Å²) < 4.78 is 67.0. The standard InChI is InChI=1S/C17H28F3N5O3S.HI/c1-16(2,3)13-10-22-14(28-13)11-24-15(21-4)23-9-12-5-7-25(8-6-12)29(26,27)17(18,19)20;/h10,12H,5-9,11H2,1-4H3,(H2,21,23,24);1H. The van der Waals surface area contributed by atoms with Crippen molar-refractivity contribution in [3.05, 3.63) is 17.8 Å². The summed E-state index contributed by atoms with van der Waals surface area (Å²) in [5, 5.41) is 6.18. The lowest BCUT2D eigenvalue weighted by Gasteiger charge is -2.31. The lowest BCUT2D eigenvalue weighted by atomic mass is 9.94. The molecule has 1 fully saturated rings. The van der Waals surface area contributed by atoms with Crippen molar-refractivity contribution in [3.63, 3.8) is 0 Å². The summed E-state index contributed by atoms with van der Waals surface area (Å²) in [5.74, 6) is 1.84. The van der Waals surface area contributed by atoms with E-state index in [-0.39, 0.29) is 48.4 Å². The quantitative estimate of drug-likeness (QED) is 0.323. The van der Waals surface area contributed by atoms with Crippen molar-refractivity contribution in [3.8, 4) is 0 Å². The number of aromatic nitrogens is 1. The lowest BCUT2D eigenvalue weighted by Crippen LogP contribution is -2.47. The van der Waals surface area contributed by atoms with E-state index in [1.54, 1.807) is 13.2 Å². The van der Waals surface area contributed by atoms with E-state index in [0.29, 0.717) is 42.1 Å². The third kappa shape index (κ3) is 6.97. The van der Waals surface area contributed by atoms with Gasteiger partial charge in [-0.25, -0.2) is 13.4 Å². The van der Waals surface area contributed by atoms with Crippen LogP contribution in [0.25, 0.3) is 0 Å². The molecule has 0 bridgehead atoms. The highest BCUT2D eigenvalue weighted by Crippen LogP contribution is 2.30. The molecule has 30 heavy (non-hydrogen) atoms. The number of sulfonamides is 1. The zero-order chi connectivity index (χ0) is 21.9. The second-order valence-electron chi connectivity index (χ2n) is 7.97. The van der Waals surface area contributed by atoms with Crippen molar-refractivity contribution < 1.29 is 26.0 Å². The summed E-state index contributed by atoms with van der Waals surface area (Å²) in [5.41, 5.74) is -5.39. The van der Waals surface area contributed by atoms with Crippen molar-refractivity contribution in [2.24, 2.45) is 10.9 Å². The Balaban J connectivity index is 0.00000450. The molecule has 0 aromatic carbocycles. The van der Waals surface area contributed by atoms with Gasteiger partial charge in [0.05, 0.1) is 12.7 Å². The van der Waals surface area contributed by atoms with E-state index in [2.05, 4.69) is 20.6 Å². The molecule has 1 aromatic rings. The van der Waals surface area contributed by atoms with Crippen LogP contribution in [0, 0.1) is 5.92 Å². The number of rotatable bonds is 5. The third-order valence-electron chi connectivity index (χ3n) is 4.69. The van der Waals surface area contributed by atoms with E-state index in [9.17, 15) is 21.6 Å². The average Bonchev–Trinajstić information content (AvgIpc) is 3.11.